The molecule has 3 fully saturated rings. The molecule has 0 spiro atoms. The molecule has 0 unspecified atom stereocenters. The second-order valence-corrected chi connectivity index (χ2v) is 33.7. The number of aryl methyl sites for hydroxylation is 6. The number of carbonyl (C=O) groups excluding carboxylic acids is 3. The van der Waals surface area contributed by atoms with E-state index in [1.165, 1.54) is 49.9 Å². The number of para-hydroxylation sites is 3. The van der Waals surface area contributed by atoms with Crippen molar-refractivity contribution in [2.24, 2.45) is 0 Å². The number of benzene rings is 9. The van der Waals surface area contributed by atoms with Gasteiger partial charge in [-0.3, -0.25) is 19.6 Å². The Labute approximate surface area is 790 Å². The summed E-state index contributed by atoms with van der Waals surface area (Å²) in [5.41, 5.74) is 12.3. The topological polar surface area (TPSA) is 271 Å². The van der Waals surface area contributed by atoms with Crippen molar-refractivity contribution in [3.8, 4) is 34.5 Å². The number of methoxy groups -OCH3 is 6. The number of piperazine rings is 1. The fourth-order valence-corrected chi connectivity index (χ4v) is 17.5. The van der Waals surface area contributed by atoms with Crippen LogP contribution in [-0.4, -0.2) is 193 Å². The zero-order valence-corrected chi connectivity index (χ0v) is 78.1. The maximum absolute atomic E-state index is 14.4. The summed E-state index contributed by atoms with van der Waals surface area (Å²) in [6.45, 7) is 19.8. The standard InChI is InChI=1S/C35H40N6O4.C33H34F3N7O3.C33H33F3N6O4/c1-24-7-5-8-25(2)32(24)40-23-27-22-36-34(37-28-12-10-26(11-13-28)9-6-16-39-17-19-45-20-18-39)38-33(27)41(35(40)42)30-15-14-29(43-3)21-31(30)44-4;1-21-7-5-6-8-27(21)42-20-22-19-37-31(39-30(22)43(32(42)44)28-10-9-26(45-3)18-29(28)46-4)38-24-15-23(33(34,35)36)16-25(17-24)41-13-11-40(2)12-14-41;1-20-6-5-7-21(2)29(20)41-19-22-18-37-31(39-30(22)42(32(41)43)27-9-8-26(44-3)17-28(27)45-4)38-24-14-23(33(34,35)36)15-25(16-24)40-10-12-46-13-11-40/h5,7-8,10-15,21-22H,6,9,16-20,23H2,1-4H3,(H,36,37,38);5-10,15-19H,11-14,20H2,1-4H3,(H,37,38,39);5-9,14-18H,10-13,19H2,1-4H3,(H,37,38,39). The van der Waals surface area contributed by atoms with Crippen LogP contribution in [0.15, 0.2) is 195 Å². The molecule has 30 nitrogen and oxygen atoms in total. The summed E-state index contributed by atoms with van der Waals surface area (Å²) in [5, 5.41) is 9.27. The number of urea groups is 3. The van der Waals surface area contributed by atoms with E-state index in [0.29, 0.717) is 132 Å². The zero-order chi connectivity index (χ0) is 96.5. The third-order valence-electron chi connectivity index (χ3n) is 24.6. The number of aromatic nitrogens is 6. The van der Waals surface area contributed by atoms with Crippen molar-refractivity contribution in [2.75, 3.05) is 190 Å². The van der Waals surface area contributed by atoms with Crippen LogP contribution in [0.5, 0.6) is 34.5 Å². The van der Waals surface area contributed by atoms with Gasteiger partial charge >= 0.3 is 30.4 Å². The van der Waals surface area contributed by atoms with Crippen LogP contribution in [0.2, 0.25) is 0 Å². The first-order valence-electron chi connectivity index (χ1n) is 44.8. The van der Waals surface area contributed by atoms with E-state index in [4.69, 9.17) is 52.8 Å². The summed E-state index contributed by atoms with van der Waals surface area (Å²) < 4.78 is 128. The molecule has 137 heavy (non-hydrogen) atoms. The number of alkyl halides is 6. The number of hydrogen-bond donors (Lipinski definition) is 3. The summed E-state index contributed by atoms with van der Waals surface area (Å²) in [5.74, 6) is 4.44. The number of hydrogen-bond acceptors (Lipinski definition) is 24. The van der Waals surface area contributed by atoms with E-state index in [9.17, 15) is 40.7 Å². The van der Waals surface area contributed by atoms with Gasteiger partial charge in [-0.05, 0) is 185 Å². The molecule has 0 radical (unpaired) electrons. The van der Waals surface area contributed by atoms with Crippen molar-refractivity contribution in [2.45, 2.75) is 79.4 Å². The van der Waals surface area contributed by atoms with Gasteiger partial charge in [-0.1, -0.05) is 66.7 Å². The van der Waals surface area contributed by atoms with E-state index in [2.05, 4.69) is 52.8 Å². The molecule has 6 amide bonds. The largest absolute Gasteiger partial charge is 0.497 e. The predicted molar refractivity (Wildman–Crippen MR) is 516 cm³/mol. The number of nitrogens with one attached hydrogen (secondary N) is 3. The van der Waals surface area contributed by atoms with Crippen molar-refractivity contribution in [1.29, 1.82) is 0 Å². The Morgan fingerprint density at radius 2 is 0.752 bits per heavy atom. The molecule has 9 heterocycles. The number of likely N-dealkylation sites (N-methyl/N-ethyl adjacent to an activating group) is 1. The monoisotopic (exact) mass is 1880 g/mol. The summed E-state index contributed by atoms with van der Waals surface area (Å²) >= 11 is 0. The maximum Gasteiger partial charge on any atom is 0.416 e. The van der Waals surface area contributed by atoms with Gasteiger partial charge in [-0.2, -0.15) is 41.3 Å². The van der Waals surface area contributed by atoms with Crippen LogP contribution in [0, 0.1) is 34.6 Å². The van der Waals surface area contributed by atoms with Crippen LogP contribution in [0.25, 0.3) is 0 Å². The number of rotatable bonds is 24. The van der Waals surface area contributed by atoms with Gasteiger partial charge < -0.3 is 68.5 Å². The number of ether oxygens (including phenoxy) is 8. The number of halogens is 6. The van der Waals surface area contributed by atoms with Crippen molar-refractivity contribution < 1.29 is 78.6 Å². The summed E-state index contributed by atoms with van der Waals surface area (Å²) in [6.07, 6.45) is -2.04. The SMILES string of the molecule is COc1ccc(N2C(=O)N(c3c(C)cccc3C)Cc3cnc(Nc4cc(N5CCOCC5)cc(C(F)(F)F)c4)nc32)c(OC)c1.COc1ccc(N2C(=O)N(c3c(C)cccc3C)Cc3cnc(Nc4ccc(CCCN5CCOCC5)cc4)nc32)c(OC)c1.COc1ccc(N2C(=O)N(c3ccccc3C)Cc3cnc(Nc4cc(N5CCN(C)CC5)cc(C(F)(F)F)c4)nc32)c(OC)c1. The number of nitrogens with zero attached hydrogens (tertiary/aromatic N) is 16. The number of amides is 6. The minimum absolute atomic E-state index is 0.0248. The van der Waals surface area contributed by atoms with Gasteiger partial charge in [0.05, 0.1) is 128 Å². The Morgan fingerprint density at radius 1 is 0.380 bits per heavy atom. The number of fused-ring (bicyclic) bond motifs is 3. The molecule has 36 heteroatoms. The molecule has 0 atom stereocenters. The van der Waals surface area contributed by atoms with Gasteiger partial charge in [0.15, 0.2) is 17.5 Å². The van der Waals surface area contributed by atoms with Gasteiger partial charge in [-0.15, -0.1) is 0 Å². The maximum atomic E-state index is 14.4. The Kier molecular flexibility index (Phi) is 29.0. The number of anilines is 17. The van der Waals surface area contributed by atoms with E-state index in [1.807, 2.05) is 136 Å². The molecule has 18 rings (SSSR count). The van der Waals surface area contributed by atoms with Crippen LogP contribution < -0.4 is 83.6 Å². The summed E-state index contributed by atoms with van der Waals surface area (Å²) in [7, 11) is 11.2. The molecule has 3 N–H and O–H groups in total. The predicted octanol–water partition coefficient (Wildman–Crippen LogP) is 20.0. The van der Waals surface area contributed by atoms with Crippen LogP contribution in [0.4, 0.5) is 139 Å². The third kappa shape index (κ3) is 21.3. The van der Waals surface area contributed by atoms with Crippen molar-refractivity contribution in [3.05, 3.63) is 256 Å². The highest BCUT2D eigenvalue weighted by molar-refractivity contribution is 6.14. The molecule has 714 valence electrons. The molecule has 0 aliphatic carbocycles. The first-order chi connectivity index (χ1) is 66.1. The highest BCUT2D eigenvalue weighted by Crippen LogP contribution is 2.49. The molecule has 0 saturated carbocycles. The highest BCUT2D eigenvalue weighted by atomic mass is 19.4. The molecule has 3 aromatic heterocycles. The molecule has 0 bridgehead atoms. The van der Waals surface area contributed by atoms with E-state index < -0.39 is 23.5 Å². The Balaban J connectivity index is 0.000000149. The molecular weight excluding hydrogens is 1770 g/mol. The first kappa shape index (κ1) is 95.4. The Bertz CT molecular complexity index is 6360. The van der Waals surface area contributed by atoms with Gasteiger partial charge in [0.1, 0.15) is 34.5 Å². The number of morpholine rings is 2. The van der Waals surface area contributed by atoms with Crippen molar-refractivity contribution in [1.82, 2.24) is 39.7 Å². The molecular formula is C101H107F6N19O11. The molecule has 12 aromatic rings. The van der Waals surface area contributed by atoms with E-state index in [0.717, 1.165) is 133 Å². The smallest absolute Gasteiger partial charge is 0.416 e. The van der Waals surface area contributed by atoms with Crippen LogP contribution in [0.3, 0.4) is 0 Å². The fourth-order valence-electron chi connectivity index (χ4n) is 17.5. The lowest BCUT2D eigenvalue weighted by Gasteiger charge is -2.37. The molecule has 9 aromatic carbocycles. The third-order valence-corrected chi connectivity index (χ3v) is 24.6. The lowest BCUT2D eigenvalue weighted by molar-refractivity contribution is -0.138. The van der Waals surface area contributed by atoms with E-state index >= 15 is 0 Å². The van der Waals surface area contributed by atoms with E-state index in [-0.39, 0.29) is 66.1 Å². The normalized spacial score (nSPS) is 15.3. The summed E-state index contributed by atoms with van der Waals surface area (Å²) in [4.78, 5) is 88.8. The minimum atomic E-state index is -4.57. The van der Waals surface area contributed by atoms with E-state index in [1.54, 1.807) is 107 Å². The van der Waals surface area contributed by atoms with Gasteiger partial charge in [0, 0.05) is 140 Å². The second kappa shape index (κ2) is 41.6. The van der Waals surface area contributed by atoms with Crippen molar-refractivity contribution in [3.63, 3.8) is 0 Å². The fraction of sp³-hybridized carbons (Fsp3) is 0.317. The Morgan fingerprint density at radius 3 is 1.15 bits per heavy atom. The zero-order valence-electron chi connectivity index (χ0n) is 78.1. The first-order valence-corrected chi connectivity index (χ1v) is 44.8. The average Bonchev–Trinajstić information content (AvgIpc) is 0.753. The number of carbonyl (C=O) groups is 3. The minimum Gasteiger partial charge on any atom is -0.497 e. The molecule has 3 saturated heterocycles. The van der Waals surface area contributed by atoms with Crippen LogP contribution >= 0.6 is 0 Å². The molecule has 6 aliphatic rings. The lowest BCUT2D eigenvalue weighted by atomic mass is 10.1. The van der Waals surface area contributed by atoms with Gasteiger partial charge in [0.25, 0.3) is 0 Å². The second-order valence-electron chi connectivity index (χ2n) is 33.7. The van der Waals surface area contributed by atoms with Crippen molar-refractivity contribution >= 4 is 116 Å². The van der Waals surface area contributed by atoms with Gasteiger partial charge in [-0.25, -0.2) is 44.0 Å². The Hall–Kier alpha value is -14.8. The molecule has 6 aliphatic heterocycles. The quantitative estimate of drug-likeness (QED) is 0.0474. The van der Waals surface area contributed by atoms with Crippen LogP contribution in [0.1, 0.15) is 67.6 Å². The lowest BCUT2D eigenvalue weighted by Crippen LogP contribution is -2.46. The van der Waals surface area contributed by atoms with Crippen LogP contribution in [-0.2, 0) is 47.9 Å². The van der Waals surface area contributed by atoms with Gasteiger partial charge in [0.2, 0.25) is 17.8 Å². The summed E-state index contributed by atoms with van der Waals surface area (Å²) in [6, 6.07) is 49.9. The average molecular weight is 1880 g/mol. The highest BCUT2D eigenvalue weighted by Gasteiger charge is 2.42.